The molecule has 12 heteroatoms. The van der Waals surface area contributed by atoms with Gasteiger partial charge in [0.15, 0.2) is 15.8 Å². The predicted molar refractivity (Wildman–Crippen MR) is 175 cm³/mol. The van der Waals surface area contributed by atoms with E-state index in [4.69, 9.17) is 21.1 Å². The lowest BCUT2D eigenvalue weighted by molar-refractivity contribution is -0.132. The van der Waals surface area contributed by atoms with Crippen molar-refractivity contribution in [1.29, 1.82) is 0 Å². The number of amides is 1. The Labute approximate surface area is 273 Å². The lowest BCUT2D eigenvalue weighted by atomic mass is 9.95. The van der Waals surface area contributed by atoms with Crippen LogP contribution in [0.5, 0.6) is 11.5 Å². The molecule has 8 nitrogen and oxygen atoms in total. The van der Waals surface area contributed by atoms with Gasteiger partial charge < -0.3 is 14.6 Å². The van der Waals surface area contributed by atoms with Gasteiger partial charge in [0.25, 0.3) is 5.78 Å². The summed E-state index contributed by atoms with van der Waals surface area (Å²) >= 11 is 8.42. The Balaban J connectivity index is 1.56. The van der Waals surface area contributed by atoms with Gasteiger partial charge >= 0.3 is 5.91 Å². The van der Waals surface area contributed by atoms with Gasteiger partial charge in [0.2, 0.25) is 5.13 Å². The number of nitrogens with zero attached hydrogens (tertiary/aromatic N) is 3. The van der Waals surface area contributed by atoms with E-state index in [2.05, 4.69) is 24.0 Å². The molecule has 3 aromatic carbocycles. The van der Waals surface area contributed by atoms with E-state index in [-0.39, 0.29) is 22.3 Å². The molecule has 1 atom stereocenters. The average molecular weight is 668 g/mol. The average Bonchev–Trinajstić information content (AvgIpc) is 3.59. The number of carbonyl (C=O) groups excluding carboxylic acids is 2. The highest BCUT2D eigenvalue weighted by atomic mass is 35.5. The number of hydrogen-bond donors (Lipinski definition) is 1. The first-order valence-corrected chi connectivity index (χ1v) is 16.5. The van der Waals surface area contributed by atoms with Crippen molar-refractivity contribution in [3.05, 3.63) is 99.8 Å². The Hall–Kier alpha value is -3.93. The molecule has 1 aromatic heterocycles. The van der Waals surface area contributed by atoms with Crippen molar-refractivity contribution in [3.8, 4) is 11.5 Å². The van der Waals surface area contributed by atoms with E-state index in [1.807, 2.05) is 6.92 Å². The minimum atomic E-state index is -1.05. The topological polar surface area (TPSA) is 102 Å². The molecule has 0 spiro atoms. The minimum absolute atomic E-state index is 0.117. The molecular weight excluding hydrogens is 637 g/mol. The molecule has 0 saturated carbocycles. The summed E-state index contributed by atoms with van der Waals surface area (Å²) in [7, 11) is 0. The van der Waals surface area contributed by atoms with Crippen molar-refractivity contribution in [1.82, 2.24) is 10.2 Å². The first-order chi connectivity index (χ1) is 21.7. The zero-order valence-corrected chi connectivity index (χ0v) is 27.2. The molecule has 5 rings (SSSR count). The second kappa shape index (κ2) is 14.4. The van der Waals surface area contributed by atoms with Crippen LogP contribution in [-0.2, 0) is 15.3 Å². The van der Waals surface area contributed by atoms with Gasteiger partial charge in [-0.05, 0) is 72.9 Å². The normalized spacial score (nSPS) is 16.0. The number of anilines is 1. The van der Waals surface area contributed by atoms with E-state index < -0.39 is 17.7 Å². The molecule has 0 radical (unpaired) electrons. The van der Waals surface area contributed by atoms with Crippen LogP contribution < -0.4 is 14.4 Å². The number of carbonyl (C=O) groups is 2. The number of aliphatic hydroxyl groups excluding tert-OH is 1. The Morgan fingerprint density at radius 2 is 1.82 bits per heavy atom. The lowest BCUT2D eigenvalue weighted by Crippen LogP contribution is -2.29. The predicted octanol–water partition coefficient (Wildman–Crippen LogP) is 8.07. The second-order valence-electron chi connectivity index (χ2n) is 10.6. The van der Waals surface area contributed by atoms with Crippen LogP contribution in [0.2, 0.25) is 5.02 Å². The number of aromatic nitrogens is 2. The van der Waals surface area contributed by atoms with Gasteiger partial charge in [0.05, 0.1) is 24.8 Å². The standard InChI is InChI=1S/C33H31ClFN3O5S2/c1-4-42-26-17-21(11-14-25(26)43-16-15-19(2)3)28-27(29(39)20-9-12-23(34)13-10-20)30(40)31(41)38(28)32-36-37-33(45-32)44-18-22-7-5-6-8-24(22)35/h5-14,17,19,28,39H,4,15-16,18H2,1-3H3. The van der Waals surface area contributed by atoms with Gasteiger partial charge in [-0.1, -0.05) is 72.8 Å². The zero-order valence-electron chi connectivity index (χ0n) is 24.8. The van der Waals surface area contributed by atoms with E-state index in [0.717, 1.165) is 17.8 Å². The number of rotatable bonds is 12. The van der Waals surface area contributed by atoms with Crippen LogP contribution in [0.15, 0.2) is 76.6 Å². The van der Waals surface area contributed by atoms with Crippen molar-refractivity contribution in [2.75, 3.05) is 18.1 Å². The fourth-order valence-electron chi connectivity index (χ4n) is 4.71. The van der Waals surface area contributed by atoms with E-state index in [1.165, 1.54) is 22.7 Å². The third-order valence-corrected chi connectivity index (χ3v) is 9.37. The molecular formula is C33H31ClFN3O5S2. The van der Waals surface area contributed by atoms with E-state index in [1.54, 1.807) is 60.7 Å². The molecule has 1 saturated heterocycles. The monoisotopic (exact) mass is 667 g/mol. The Bertz CT molecular complexity index is 1730. The smallest absolute Gasteiger partial charge is 0.301 e. The summed E-state index contributed by atoms with van der Waals surface area (Å²) in [6.07, 6.45) is 0.850. The fourth-order valence-corrected chi connectivity index (χ4v) is 6.69. The Morgan fingerprint density at radius 3 is 2.53 bits per heavy atom. The summed E-state index contributed by atoms with van der Waals surface area (Å²) in [6, 6.07) is 16.9. The summed E-state index contributed by atoms with van der Waals surface area (Å²) in [5.41, 5.74) is 1.20. The first kappa shape index (κ1) is 32.5. The number of benzene rings is 3. The first-order valence-electron chi connectivity index (χ1n) is 14.3. The number of ether oxygens (including phenoxy) is 2. The molecule has 4 aromatic rings. The summed E-state index contributed by atoms with van der Waals surface area (Å²) in [6.45, 7) is 6.91. The summed E-state index contributed by atoms with van der Waals surface area (Å²) in [5.74, 6) is -0.709. The molecule has 1 unspecified atom stereocenters. The Kier molecular flexibility index (Phi) is 10.4. The number of thioether (sulfide) groups is 1. The maximum Gasteiger partial charge on any atom is 0.301 e. The van der Waals surface area contributed by atoms with Gasteiger partial charge in [0, 0.05) is 16.3 Å². The lowest BCUT2D eigenvalue weighted by Gasteiger charge is -2.24. The van der Waals surface area contributed by atoms with Gasteiger partial charge in [-0.15, -0.1) is 10.2 Å². The van der Waals surface area contributed by atoms with Crippen LogP contribution in [-0.4, -0.2) is 40.2 Å². The maximum atomic E-state index is 14.2. The van der Waals surface area contributed by atoms with Crippen LogP contribution >= 0.6 is 34.7 Å². The van der Waals surface area contributed by atoms with Crippen LogP contribution in [0.25, 0.3) is 5.76 Å². The highest BCUT2D eigenvalue weighted by molar-refractivity contribution is 8.00. The number of Topliss-reactive ketones (excluding diaryl/α,β-unsaturated/α-hetero) is 1. The van der Waals surface area contributed by atoms with Gasteiger partial charge in [-0.25, -0.2) is 4.39 Å². The molecule has 0 aliphatic carbocycles. The molecule has 1 aliphatic heterocycles. The molecule has 1 amide bonds. The minimum Gasteiger partial charge on any atom is -0.507 e. The molecule has 1 fully saturated rings. The van der Waals surface area contributed by atoms with Crippen molar-refractivity contribution in [2.24, 2.45) is 5.92 Å². The van der Waals surface area contributed by atoms with Crippen molar-refractivity contribution in [2.45, 2.75) is 43.3 Å². The largest absolute Gasteiger partial charge is 0.507 e. The number of halogens is 2. The van der Waals surface area contributed by atoms with Crippen molar-refractivity contribution in [3.63, 3.8) is 0 Å². The van der Waals surface area contributed by atoms with Gasteiger partial charge in [0.1, 0.15) is 11.6 Å². The summed E-state index contributed by atoms with van der Waals surface area (Å²) < 4.78 is 26.6. The van der Waals surface area contributed by atoms with Crippen LogP contribution in [0.1, 0.15) is 49.9 Å². The van der Waals surface area contributed by atoms with E-state index >= 15 is 0 Å². The van der Waals surface area contributed by atoms with Gasteiger partial charge in [-0.3, -0.25) is 14.5 Å². The Morgan fingerprint density at radius 1 is 1.07 bits per heavy atom. The zero-order chi connectivity index (χ0) is 32.1. The highest BCUT2D eigenvalue weighted by Gasteiger charge is 2.48. The van der Waals surface area contributed by atoms with E-state index in [9.17, 15) is 19.1 Å². The molecule has 45 heavy (non-hydrogen) atoms. The fraction of sp³-hybridized carbons (Fsp3) is 0.273. The molecule has 0 bridgehead atoms. The second-order valence-corrected chi connectivity index (χ2v) is 13.2. The third-order valence-electron chi connectivity index (χ3n) is 7.01. The van der Waals surface area contributed by atoms with Crippen LogP contribution in [0, 0.1) is 11.7 Å². The van der Waals surface area contributed by atoms with Crippen molar-refractivity contribution >= 4 is 57.3 Å². The molecule has 2 heterocycles. The third kappa shape index (κ3) is 7.32. The SMILES string of the molecule is CCOc1cc(C2C(=C(O)c3ccc(Cl)cc3)C(=O)C(=O)N2c2nnc(SCc3ccccc3F)s2)ccc1OCCC(C)C. The number of ketones is 1. The molecule has 234 valence electrons. The maximum absolute atomic E-state index is 14.2. The summed E-state index contributed by atoms with van der Waals surface area (Å²) in [5, 5.41) is 20.5. The van der Waals surface area contributed by atoms with Crippen LogP contribution in [0.4, 0.5) is 9.52 Å². The molecule has 1 N–H and O–H groups in total. The van der Waals surface area contributed by atoms with E-state index in [0.29, 0.717) is 62.4 Å². The van der Waals surface area contributed by atoms with Crippen LogP contribution in [0.3, 0.4) is 0 Å². The number of hydrogen-bond acceptors (Lipinski definition) is 9. The van der Waals surface area contributed by atoms with Gasteiger partial charge in [-0.2, -0.15) is 0 Å². The quantitative estimate of drug-likeness (QED) is 0.0532. The summed E-state index contributed by atoms with van der Waals surface area (Å²) in [4.78, 5) is 28.5. The van der Waals surface area contributed by atoms with Crippen molar-refractivity contribution < 1.29 is 28.6 Å². The molecule has 1 aliphatic rings. The number of aliphatic hydroxyl groups is 1. The highest BCUT2D eigenvalue weighted by Crippen LogP contribution is 2.45.